The third-order valence-electron chi connectivity index (χ3n) is 3.36. The van der Waals surface area contributed by atoms with E-state index in [1.165, 1.54) is 18.3 Å². The van der Waals surface area contributed by atoms with Crippen LogP contribution in [0, 0.1) is 0 Å². The Morgan fingerprint density at radius 3 is 2.38 bits per heavy atom. The number of anilines is 1. The van der Waals surface area contributed by atoms with Gasteiger partial charge in [-0.05, 0) is 54.1 Å². The molecule has 3 rings (SSSR count). The van der Waals surface area contributed by atoms with Crippen molar-refractivity contribution in [1.82, 2.24) is 4.98 Å². The predicted octanol–water partition coefficient (Wildman–Crippen LogP) is 4.94. The molecule has 0 radical (unpaired) electrons. The maximum absolute atomic E-state index is 12.3. The number of halogens is 2. The van der Waals surface area contributed by atoms with Gasteiger partial charge in [0, 0.05) is 12.4 Å². The van der Waals surface area contributed by atoms with Crippen LogP contribution in [0.25, 0.3) is 0 Å². The van der Waals surface area contributed by atoms with E-state index < -0.39 is 10.0 Å². The van der Waals surface area contributed by atoms with E-state index >= 15 is 0 Å². The lowest BCUT2D eigenvalue weighted by Gasteiger charge is -2.07. The number of hydrogen-bond donors (Lipinski definition) is 1. The normalized spacial score (nSPS) is 11.6. The van der Waals surface area contributed by atoms with Gasteiger partial charge in [-0.2, -0.15) is 0 Å². The molecule has 0 bridgehead atoms. The molecule has 0 aliphatic carbocycles. The van der Waals surface area contributed by atoms with Gasteiger partial charge in [0.15, 0.2) is 0 Å². The Bertz CT molecular complexity index is 1040. The second-order valence-corrected chi connectivity index (χ2v) is 7.74. The molecule has 0 amide bonds. The van der Waals surface area contributed by atoms with Crippen LogP contribution in [0.15, 0.2) is 76.7 Å². The quantitative estimate of drug-likeness (QED) is 0.610. The summed E-state index contributed by atoms with van der Waals surface area (Å²) in [6.07, 6.45) is 3.14. The van der Waals surface area contributed by atoms with Crippen LogP contribution in [0.4, 0.5) is 11.5 Å². The Morgan fingerprint density at radius 2 is 1.73 bits per heavy atom. The van der Waals surface area contributed by atoms with Crippen molar-refractivity contribution >= 4 is 50.9 Å². The molecule has 3 aromatic rings. The molecule has 2 aromatic carbocycles. The lowest BCUT2D eigenvalue weighted by molar-refractivity contribution is 0.601. The largest absolute Gasteiger partial charge is 0.263 e. The summed E-state index contributed by atoms with van der Waals surface area (Å²) in [5.41, 5.74) is 1.39. The van der Waals surface area contributed by atoms with Gasteiger partial charge in [0.25, 0.3) is 10.0 Å². The molecule has 132 valence electrons. The van der Waals surface area contributed by atoms with Crippen LogP contribution >= 0.6 is 23.2 Å². The zero-order valence-electron chi connectivity index (χ0n) is 13.3. The third kappa shape index (κ3) is 4.60. The maximum atomic E-state index is 12.3. The number of nitrogens with one attached hydrogen (secondary N) is 1. The predicted molar refractivity (Wildman–Crippen MR) is 105 cm³/mol. The summed E-state index contributed by atoms with van der Waals surface area (Å²) in [5.74, 6) is 0.259. The van der Waals surface area contributed by atoms with Crippen LogP contribution in [0.2, 0.25) is 10.0 Å². The van der Waals surface area contributed by atoms with E-state index in [0.717, 1.165) is 5.56 Å². The smallest absolute Gasteiger partial charge is 0.263 e. The average molecular weight is 406 g/mol. The molecule has 0 aliphatic rings. The zero-order chi connectivity index (χ0) is 18.6. The Labute approximate surface area is 161 Å². The third-order valence-corrected chi connectivity index (χ3v) is 5.47. The van der Waals surface area contributed by atoms with E-state index in [1.54, 1.807) is 54.7 Å². The van der Waals surface area contributed by atoms with Gasteiger partial charge in [0.2, 0.25) is 0 Å². The standard InChI is InChI=1S/C18H13Cl2N3O2S/c19-16-9-4-13(11-17(16)20)12-22-14-5-7-15(8-6-14)26(24,25)23-18-3-1-2-10-21-18/h1-12H,(H,21,23). The molecule has 0 saturated carbocycles. The molecule has 8 heteroatoms. The number of aliphatic imine (C=N–C) groups is 1. The molecule has 0 atom stereocenters. The van der Waals surface area contributed by atoms with Gasteiger partial charge in [-0.3, -0.25) is 9.71 Å². The highest BCUT2D eigenvalue weighted by Crippen LogP contribution is 2.23. The van der Waals surface area contributed by atoms with Crippen molar-refractivity contribution in [1.29, 1.82) is 0 Å². The van der Waals surface area contributed by atoms with Crippen LogP contribution in [0.3, 0.4) is 0 Å². The van der Waals surface area contributed by atoms with Crippen LogP contribution in [0.5, 0.6) is 0 Å². The molecule has 0 fully saturated rings. The Hall–Kier alpha value is -2.41. The summed E-state index contributed by atoms with van der Waals surface area (Å²) in [4.78, 5) is 8.37. The van der Waals surface area contributed by atoms with Gasteiger partial charge >= 0.3 is 0 Å². The number of benzene rings is 2. The number of sulfonamides is 1. The zero-order valence-corrected chi connectivity index (χ0v) is 15.6. The van der Waals surface area contributed by atoms with Gasteiger partial charge in [0.1, 0.15) is 5.82 Å². The minimum Gasteiger partial charge on any atom is -0.263 e. The van der Waals surface area contributed by atoms with Crippen molar-refractivity contribution in [3.8, 4) is 0 Å². The molecule has 1 heterocycles. The van der Waals surface area contributed by atoms with Crippen LogP contribution < -0.4 is 4.72 Å². The number of rotatable bonds is 5. The van der Waals surface area contributed by atoms with Crippen molar-refractivity contribution in [2.24, 2.45) is 4.99 Å². The summed E-state index contributed by atoms with van der Waals surface area (Å²) < 4.78 is 27.1. The van der Waals surface area contributed by atoms with Gasteiger partial charge in [-0.1, -0.05) is 35.3 Å². The minimum absolute atomic E-state index is 0.122. The first-order valence-corrected chi connectivity index (χ1v) is 9.71. The van der Waals surface area contributed by atoms with Crippen LogP contribution in [-0.2, 0) is 10.0 Å². The van der Waals surface area contributed by atoms with Gasteiger partial charge in [0.05, 0.1) is 20.6 Å². The van der Waals surface area contributed by atoms with E-state index in [0.29, 0.717) is 15.7 Å². The van der Waals surface area contributed by atoms with Crippen LogP contribution in [0.1, 0.15) is 5.56 Å². The molecule has 1 aromatic heterocycles. The fraction of sp³-hybridized carbons (Fsp3) is 0. The lowest BCUT2D eigenvalue weighted by Crippen LogP contribution is -2.13. The van der Waals surface area contributed by atoms with Crippen molar-refractivity contribution in [2.45, 2.75) is 4.90 Å². The molecule has 0 saturated heterocycles. The number of hydrogen-bond acceptors (Lipinski definition) is 4. The first kappa shape index (κ1) is 18.4. The highest BCUT2D eigenvalue weighted by Gasteiger charge is 2.14. The summed E-state index contributed by atoms with van der Waals surface area (Å²) in [6, 6.07) is 16.3. The van der Waals surface area contributed by atoms with Gasteiger partial charge < -0.3 is 0 Å². The Morgan fingerprint density at radius 1 is 0.962 bits per heavy atom. The minimum atomic E-state index is -3.70. The first-order chi connectivity index (χ1) is 12.4. The molecule has 0 aliphatic heterocycles. The molecule has 0 spiro atoms. The molecular formula is C18H13Cl2N3O2S. The fourth-order valence-corrected chi connectivity index (χ4v) is 3.39. The molecule has 26 heavy (non-hydrogen) atoms. The second kappa shape index (κ2) is 7.86. The van der Waals surface area contributed by atoms with Crippen molar-refractivity contribution < 1.29 is 8.42 Å². The number of aromatic nitrogens is 1. The molecule has 5 nitrogen and oxygen atoms in total. The van der Waals surface area contributed by atoms with E-state index in [2.05, 4.69) is 14.7 Å². The highest BCUT2D eigenvalue weighted by atomic mass is 35.5. The first-order valence-electron chi connectivity index (χ1n) is 7.47. The Kier molecular flexibility index (Phi) is 5.56. The summed E-state index contributed by atoms with van der Waals surface area (Å²) >= 11 is 11.8. The average Bonchev–Trinajstić information content (AvgIpc) is 2.63. The SMILES string of the molecule is O=S(=O)(Nc1ccccn1)c1ccc(N=Cc2ccc(Cl)c(Cl)c2)cc1. The number of pyridine rings is 1. The fourth-order valence-electron chi connectivity index (χ4n) is 2.07. The van der Waals surface area contributed by atoms with E-state index in [-0.39, 0.29) is 10.7 Å². The lowest BCUT2D eigenvalue weighted by atomic mass is 10.2. The van der Waals surface area contributed by atoms with Gasteiger partial charge in [-0.25, -0.2) is 13.4 Å². The summed E-state index contributed by atoms with van der Waals surface area (Å²) in [7, 11) is -3.70. The molecular weight excluding hydrogens is 393 g/mol. The highest BCUT2D eigenvalue weighted by molar-refractivity contribution is 7.92. The Balaban J connectivity index is 1.75. The van der Waals surface area contributed by atoms with Crippen LogP contribution in [-0.4, -0.2) is 19.6 Å². The van der Waals surface area contributed by atoms with Crippen molar-refractivity contribution in [2.75, 3.05) is 4.72 Å². The van der Waals surface area contributed by atoms with Gasteiger partial charge in [-0.15, -0.1) is 0 Å². The van der Waals surface area contributed by atoms with E-state index in [4.69, 9.17) is 23.2 Å². The monoisotopic (exact) mass is 405 g/mol. The maximum Gasteiger partial charge on any atom is 0.263 e. The molecule has 0 unspecified atom stereocenters. The summed E-state index contributed by atoms with van der Waals surface area (Å²) in [5, 5.41) is 0.913. The van der Waals surface area contributed by atoms with Crippen molar-refractivity contribution in [3.05, 3.63) is 82.5 Å². The topological polar surface area (TPSA) is 71.4 Å². The van der Waals surface area contributed by atoms with E-state index in [9.17, 15) is 8.42 Å². The second-order valence-electron chi connectivity index (χ2n) is 5.25. The molecule has 1 N–H and O–H groups in total. The van der Waals surface area contributed by atoms with Crippen molar-refractivity contribution in [3.63, 3.8) is 0 Å². The number of nitrogens with zero attached hydrogens (tertiary/aromatic N) is 2. The summed E-state index contributed by atoms with van der Waals surface area (Å²) in [6.45, 7) is 0. The van der Waals surface area contributed by atoms with E-state index in [1.807, 2.05) is 0 Å².